The predicted octanol–water partition coefficient (Wildman–Crippen LogP) is 3.13. The summed E-state index contributed by atoms with van der Waals surface area (Å²) in [5.41, 5.74) is 1.94. The molecule has 2 aromatic carbocycles. The van der Waals surface area contributed by atoms with Crippen molar-refractivity contribution < 1.29 is 17.6 Å². The van der Waals surface area contributed by atoms with Crippen LogP contribution in [0.4, 0.5) is 5.69 Å². The molecule has 28 heavy (non-hydrogen) atoms. The Labute approximate surface area is 163 Å². The third kappa shape index (κ3) is 4.65. The minimum Gasteiger partial charge on any atom is -0.441 e. The van der Waals surface area contributed by atoms with Crippen molar-refractivity contribution in [1.29, 1.82) is 0 Å². The van der Waals surface area contributed by atoms with E-state index in [9.17, 15) is 13.2 Å². The van der Waals surface area contributed by atoms with Crippen molar-refractivity contribution in [3.05, 3.63) is 66.2 Å². The van der Waals surface area contributed by atoms with Gasteiger partial charge in [-0.25, -0.2) is 18.1 Å². The number of rotatable bonds is 7. The van der Waals surface area contributed by atoms with E-state index in [1.165, 1.54) is 13.1 Å². The minimum atomic E-state index is -3.59. The molecule has 0 bridgehead atoms. The van der Waals surface area contributed by atoms with Crippen molar-refractivity contribution in [1.82, 2.24) is 9.71 Å². The highest BCUT2D eigenvalue weighted by Gasteiger charge is 2.16. The molecule has 3 aromatic rings. The van der Waals surface area contributed by atoms with Crippen LogP contribution in [0.2, 0.25) is 0 Å². The molecule has 2 N–H and O–H groups in total. The predicted molar refractivity (Wildman–Crippen MR) is 106 cm³/mol. The fourth-order valence-corrected chi connectivity index (χ4v) is 3.68. The number of aromatic nitrogens is 1. The third-order valence-corrected chi connectivity index (χ3v) is 5.76. The first-order chi connectivity index (χ1) is 13.4. The van der Waals surface area contributed by atoms with Gasteiger partial charge in [0, 0.05) is 24.1 Å². The van der Waals surface area contributed by atoms with Gasteiger partial charge in [-0.15, -0.1) is 0 Å². The number of anilines is 1. The van der Waals surface area contributed by atoms with E-state index in [1.807, 2.05) is 30.3 Å². The Morgan fingerprint density at radius 1 is 1.14 bits per heavy atom. The monoisotopic (exact) mass is 399 g/mol. The molecule has 8 heteroatoms. The summed E-state index contributed by atoms with van der Waals surface area (Å²) in [5.74, 6) is 0.865. The standard InChI is InChI=1S/C20H21N3O4S/c1-14-8-9-16(12-18(14)28(25,26)21-2)23-19(24)10-11-20-22-13-17(27-20)15-6-4-3-5-7-15/h3-9,12-13,21H,10-11H2,1-2H3,(H,23,24). The molecular weight excluding hydrogens is 378 g/mol. The lowest BCUT2D eigenvalue weighted by molar-refractivity contribution is -0.116. The van der Waals surface area contributed by atoms with Gasteiger partial charge in [-0.3, -0.25) is 4.79 Å². The topological polar surface area (TPSA) is 101 Å². The molecule has 0 atom stereocenters. The van der Waals surface area contributed by atoms with Gasteiger partial charge in [0.2, 0.25) is 15.9 Å². The number of oxazole rings is 1. The van der Waals surface area contributed by atoms with E-state index < -0.39 is 10.0 Å². The Hall–Kier alpha value is -2.97. The summed E-state index contributed by atoms with van der Waals surface area (Å²) in [5, 5.41) is 2.71. The number of hydrogen-bond donors (Lipinski definition) is 2. The lowest BCUT2D eigenvalue weighted by atomic mass is 10.2. The van der Waals surface area contributed by atoms with Crippen molar-refractivity contribution >= 4 is 21.6 Å². The van der Waals surface area contributed by atoms with Crippen LogP contribution in [-0.4, -0.2) is 26.4 Å². The molecule has 0 fully saturated rings. The first-order valence-corrected chi connectivity index (χ1v) is 10.2. The van der Waals surface area contributed by atoms with Crippen LogP contribution < -0.4 is 10.0 Å². The van der Waals surface area contributed by atoms with Gasteiger partial charge in [0.15, 0.2) is 11.7 Å². The minimum absolute atomic E-state index is 0.132. The average Bonchev–Trinajstić information content (AvgIpc) is 3.17. The number of carbonyl (C=O) groups excluding carboxylic acids is 1. The largest absolute Gasteiger partial charge is 0.441 e. The molecule has 1 aromatic heterocycles. The summed E-state index contributed by atoms with van der Waals surface area (Å²) in [7, 11) is -2.25. The van der Waals surface area contributed by atoms with Gasteiger partial charge in [-0.1, -0.05) is 36.4 Å². The Morgan fingerprint density at radius 2 is 1.89 bits per heavy atom. The summed E-state index contributed by atoms with van der Waals surface area (Å²) in [6, 6.07) is 14.3. The number of aryl methyl sites for hydroxylation is 2. The number of benzene rings is 2. The van der Waals surface area contributed by atoms with Crippen LogP contribution in [0.15, 0.2) is 64.0 Å². The maximum Gasteiger partial charge on any atom is 0.240 e. The van der Waals surface area contributed by atoms with Gasteiger partial charge in [0.05, 0.1) is 11.1 Å². The van der Waals surface area contributed by atoms with E-state index in [1.54, 1.807) is 25.3 Å². The zero-order chi connectivity index (χ0) is 20.1. The molecule has 0 aliphatic carbocycles. The Morgan fingerprint density at radius 3 is 2.61 bits per heavy atom. The number of amides is 1. The second-order valence-electron chi connectivity index (χ2n) is 6.22. The summed E-state index contributed by atoms with van der Waals surface area (Å²) < 4.78 is 32.1. The van der Waals surface area contributed by atoms with Gasteiger partial charge in [0.1, 0.15) is 0 Å². The number of nitrogens with one attached hydrogen (secondary N) is 2. The smallest absolute Gasteiger partial charge is 0.240 e. The summed E-state index contributed by atoms with van der Waals surface area (Å²) in [4.78, 5) is 16.6. The number of nitrogens with zero attached hydrogens (tertiary/aromatic N) is 1. The van der Waals surface area contributed by atoms with Gasteiger partial charge in [-0.05, 0) is 31.7 Å². The normalized spacial score (nSPS) is 11.4. The zero-order valence-corrected chi connectivity index (χ0v) is 16.4. The molecule has 1 heterocycles. The van der Waals surface area contributed by atoms with E-state index in [0.29, 0.717) is 29.3 Å². The lowest BCUT2D eigenvalue weighted by Gasteiger charge is -2.10. The molecule has 0 unspecified atom stereocenters. The fraction of sp³-hybridized carbons (Fsp3) is 0.200. The van der Waals surface area contributed by atoms with Crippen molar-refractivity contribution in [2.45, 2.75) is 24.7 Å². The molecule has 146 valence electrons. The van der Waals surface area contributed by atoms with Crippen LogP contribution in [0.5, 0.6) is 0 Å². The van der Waals surface area contributed by atoms with E-state index in [4.69, 9.17) is 4.42 Å². The number of hydrogen-bond acceptors (Lipinski definition) is 5. The van der Waals surface area contributed by atoms with Crippen LogP contribution in [0.25, 0.3) is 11.3 Å². The summed E-state index contributed by atoms with van der Waals surface area (Å²) in [6.07, 6.45) is 2.14. The maximum atomic E-state index is 12.2. The zero-order valence-electron chi connectivity index (χ0n) is 15.6. The highest BCUT2D eigenvalue weighted by atomic mass is 32.2. The molecular formula is C20H21N3O4S. The highest BCUT2D eigenvalue weighted by molar-refractivity contribution is 7.89. The van der Waals surface area contributed by atoms with Crippen LogP contribution in [0, 0.1) is 6.92 Å². The Bertz CT molecular complexity index is 1080. The SMILES string of the molecule is CNS(=O)(=O)c1cc(NC(=O)CCc2ncc(-c3ccccc3)o2)ccc1C. The van der Waals surface area contributed by atoms with E-state index >= 15 is 0 Å². The first kappa shape index (κ1) is 19.8. The van der Waals surface area contributed by atoms with Crippen LogP contribution >= 0.6 is 0 Å². The van der Waals surface area contributed by atoms with Gasteiger partial charge >= 0.3 is 0 Å². The summed E-state index contributed by atoms with van der Waals surface area (Å²) in [6.45, 7) is 1.70. The van der Waals surface area contributed by atoms with E-state index in [0.717, 1.165) is 5.56 Å². The van der Waals surface area contributed by atoms with Crippen molar-refractivity contribution in [2.24, 2.45) is 0 Å². The number of carbonyl (C=O) groups is 1. The molecule has 3 rings (SSSR count). The second-order valence-corrected chi connectivity index (χ2v) is 8.08. The quantitative estimate of drug-likeness (QED) is 0.636. The summed E-state index contributed by atoms with van der Waals surface area (Å²) >= 11 is 0. The van der Waals surface area contributed by atoms with E-state index in [2.05, 4.69) is 15.0 Å². The molecule has 0 aliphatic rings. The molecule has 0 radical (unpaired) electrons. The fourth-order valence-electron chi connectivity index (χ4n) is 2.68. The van der Waals surface area contributed by atoms with E-state index in [-0.39, 0.29) is 17.2 Å². The van der Waals surface area contributed by atoms with Crippen LogP contribution in [-0.2, 0) is 21.2 Å². The van der Waals surface area contributed by atoms with Gasteiger partial charge in [0.25, 0.3) is 0 Å². The third-order valence-electron chi connectivity index (χ3n) is 4.21. The van der Waals surface area contributed by atoms with Crippen molar-refractivity contribution in [3.8, 4) is 11.3 Å². The Kier molecular flexibility index (Phi) is 5.91. The Balaban J connectivity index is 1.62. The lowest BCUT2D eigenvalue weighted by Crippen LogP contribution is -2.20. The second kappa shape index (κ2) is 8.37. The number of sulfonamides is 1. The van der Waals surface area contributed by atoms with Crippen molar-refractivity contribution in [3.63, 3.8) is 0 Å². The first-order valence-electron chi connectivity index (χ1n) is 8.73. The molecule has 0 spiro atoms. The average molecular weight is 399 g/mol. The maximum absolute atomic E-state index is 12.2. The molecule has 0 saturated heterocycles. The van der Waals surface area contributed by atoms with Gasteiger partial charge < -0.3 is 9.73 Å². The molecule has 1 amide bonds. The molecule has 0 saturated carbocycles. The highest BCUT2D eigenvalue weighted by Crippen LogP contribution is 2.22. The van der Waals surface area contributed by atoms with Crippen LogP contribution in [0.3, 0.4) is 0 Å². The van der Waals surface area contributed by atoms with Crippen molar-refractivity contribution in [2.75, 3.05) is 12.4 Å². The molecule has 0 aliphatic heterocycles. The molecule has 7 nitrogen and oxygen atoms in total. The van der Waals surface area contributed by atoms with Gasteiger partial charge in [-0.2, -0.15) is 0 Å². The van der Waals surface area contributed by atoms with Crippen LogP contribution in [0.1, 0.15) is 17.9 Å².